The number of hydrogen-bond acceptors (Lipinski definition) is 6. The minimum atomic E-state index is -0.528. The van der Waals surface area contributed by atoms with Crippen LogP contribution < -0.4 is 5.56 Å². The average molecular weight is 329 g/mol. The van der Waals surface area contributed by atoms with Gasteiger partial charge in [0.25, 0.3) is 5.56 Å². The van der Waals surface area contributed by atoms with Gasteiger partial charge in [-0.05, 0) is 13.8 Å². The highest BCUT2D eigenvalue weighted by Crippen LogP contribution is 2.24. The number of rotatable bonds is 5. The fourth-order valence-electron chi connectivity index (χ4n) is 1.89. The van der Waals surface area contributed by atoms with Gasteiger partial charge in [-0.25, -0.2) is 4.98 Å². The first kappa shape index (κ1) is 16.8. The lowest BCUT2D eigenvalue weighted by Gasteiger charge is -2.10. The van der Waals surface area contributed by atoms with E-state index in [2.05, 4.69) is 9.97 Å². The van der Waals surface area contributed by atoms with E-state index >= 15 is 0 Å². The van der Waals surface area contributed by atoms with Crippen molar-refractivity contribution in [1.29, 1.82) is 5.26 Å². The summed E-state index contributed by atoms with van der Waals surface area (Å²) in [4.78, 5) is 30.7. The lowest BCUT2D eigenvalue weighted by molar-refractivity contribution is -0.142. The van der Waals surface area contributed by atoms with Gasteiger partial charge < -0.3 is 9.72 Å². The Hall–Kier alpha value is -2.59. The quantitative estimate of drug-likeness (QED) is 0.514. The molecule has 23 heavy (non-hydrogen) atoms. The number of nitriles is 1. The molecule has 0 bridgehead atoms. The zero-order valence-electron chi connectivity index (χ0n) is 12.7. The van der Waals surface area contributed by atoms with Crippen molar-refractivity contribution in [3.05, 3.63) is 46.2 Å². The van der Waals surface area contributed by atoms with E-state index < -0.39 is 10.8 Å². The second-order valence-electron chi connectivity index (χ2n) is 4.58. The third-order valence-corrected chi connectivity index (χ3v) is 3.93. The molecule has 0 unspecified atom stereocenters. The number of nitrogens with zero attached hydrogens (tertiary/aromatic N) is 2. The predicted octanol–water partition coefficient (Wildman–Crippen LogP) is 2.35. The monoisotopic (exact) mass is 329 g/mol. The van der Waals surface area contributed by atoms with Crippen molar-refractivity contribution in [1.82, 2.24) is 9.97 Å². The molecular formula is C16H15N3O3S. The van der Waals surface area contributed by atoms with Crippen molar-refractivity contribution in [3.63, 3.8) is 0 Å². The van der Waals surface area contributed by atoms with Gasteiger partial charge in [0.1, 0.15) is 16.9 Å². The third kappa shape index (κ3) is 3.99. The van der Waals surface area contributed by atoms with Gasteiger partial charge in [0.15, 0.2) is 5.16 Å². The van der Waals surface area contributed by atoms with Crippen molar-refractivity contribution in [2.75, 3.05) is 6.61 Å². The molecule has 1 aromatic heterocycles. The second-order valence-corrected chi connectivity index (χ2v) is 5.91. The van der Waals surface area contributed by atoms with Crippen molar-refractivity contribution in [2.24, 2.45) is 0 Å². The third-order valence-electron chi connectivity index (χ3n) is 2.96. The fraction of sp³-hybridized carbons (Fsp3) is 0.250. The Balaban J connectivity index is 2.41. The van der Waals surface area contributed by atoms with Crippen molar-refractivity contribution in [2.45, 2.75) is 24.3 Å². The van der Waals surface area contributed by atoms with Crippen LogP contribution in [0.25, 0.3) is 11.3 Å². The summed E-state index contributed by atoms with van der Waals surface area (Å²) >= 11 is 1.08. The summed E-state index contributed by atoms with van der Waals surface area (Å²) in [5.41, 5.74) is 0.389. The number of nitrogens with one attached hydrogen (secondary N) is 1. The molecule has 1 aromatic carbocycles. The number of esters is 1. The molecule has 1 heterocycles. The number of ether oxygens (including phenoxy) is 1. The first-order valence-corrected chi connectivity index (χ1v) is 7.88. The molecule has 0 aliphatic rings. The summed E-state index contributed by atoms with van der Waals surface area (Å²) in [7, 11) is 0. The summed E-state index contributed by atoms with van der Waals surface area (Å²) in [6.45, 7) is 3.68. The highest BCUT2D eigenvalue weighted by molar-refractivity contribution is 8.00. The van der Waals surface area contributed by atoms with Crippen molar-refractivity contribution >= 4 is 17.7 Å². The van der Waals surface area contributed by atoms with Crippen LogP contribution in [0.1, 0.15) is 19.4 Å². The zero-order valence-corrected chi connectivity index (χ0v) is 13.5. The van der Waals surface area contributed by atoms with E-state index in [1.807, 2.05) is 12.1 Å². The Labute approximate surface area is 137 Å². The topological polar surface area (TPSA) is 95.8 Å². The van der Waals surface area contributed by atoms with Crippen molar-refractivity contribution < 1.29 is 9.53 Å². The Bertz CT molecular complexity index is 796. The minimum absolute atomic E-state index is 0.0515. The van der Waals surface area contributed by atoms with E-state index in [1.54, 1.807) is 38.1 Å². The molecule has 0 saturated heterocycles. The number of aromatic nitrogens is 2. The van der Waals surface area contributed by atoms with E-state index in [0.717, 1.165) is 11.8 Å². The summed E-state index contributed by atoms with van der Waals surface area (Å²) in [6.07, 6.45) is 0. The largest absolute Gasteiger partial charge is 0.465 e. The zero-order chi connectivity index (χ0) is 16.8. The molecule has 1 atom stereocenters. The maximum absolute atomic E-state index is 12.1. The van der Waals surface area contributed by atoms with Crippen LogP contribution in [0.5, 0.6) is 0 Å². The molecule has 1 N–H and O–H groups in total. The van der Waals surface area contributed by atoms with Crippen LogP contribution in [-0.4, -0.2) is 27.8 Å². The number of carbonyl (C=O) groups is 1. The molecule has 0 amide bonds. The van der Waals surface area contributed by atoms with Crippen molar-refractivity contribution in [3.8, 4) is 17.3 Å². The molecule has 2 rings (SSSR count). The van der Waals surface area contributed by atoms with Crippen LogP contribution in [0.2, 0.25) is 0 Å². The summed E-state index contributed by atoms with van der Waals surface area (Å²) < 4.78 is 4.93. The van der Waals surface area contributed by atoms with Crippen LogP contribution in [0.15, 0.2) is 40.3 Å². The van der Waals surface area contributed by atoms with E-state index in [-0.39, 0.29) is 23.3 Å². The first-order valence-electron chi connectivity index (χ1n) is 7.00. The number of hydrogen-bond donors (Lipinski definition) is 1. The number of benzene rings is 1. The van der Waals surface area contributed by atoms with Gasteiger partial charge in [-0.3, -0.25) is 9.59 Å². The maximum Gasteiger partial charge on any atom is 0.319 e. The second kappa shape index (κ2) is 7.61. The lowest BCUT2D eigenvalue weighted by Crippen LogP contribution is -2.19. The Morgan fingerprint density at radius 3 is 2.74 bits per heavy atom. The van der Waals surface area contributed by atoms with E-state index in [1.165, 1.54) is 0 Å². The number of carbonyl (C=O) groups excluding carboxylic acids is 1. The van der Waals surface area contributed by atoms with E-state index in [0.29, 0.717) is 11.3 Å². The van der Waals surface area contributed by atoms with Gasteiger partial charge in [0, 0.05) is 5.56 Å². The fourth-order valence-corrected chi connectivity index (χ4v) is 2.69. The normalized spacial score (nSPS) is 11.5. The number of thioether (sulfide) groups is 1. The van der Waals surface area contributed by atoms with Crippen LogP contribution in [0.3, 0.4) is 0 Å². The highest BCUT2D eigenvalue weighted by atomic mass is 32.2. The van der Waals surface area contributed by atoms with E-state index in [4.69, 9.17) is 4.74 Å². The SMILES string of the molecule is CCOC(=O)[C@H](C)Sc1nc(-c2ccccc2)c(C#N)c(=O)[nH]1. The maximum atomic E-state index is 12.1. The van der Waals surface area contributed by atoms with Crippen LogP contribution in [-0.2, 0) is 9.53 Å². The van der Waals surface area contributed by atoms with Gasteiger partial charge in [-0.15, -0.1) is 0 Å². The van der Waals surface area contributed by atoms with Gasteiger partial charge in [-0.1, -0.05) is 42.1 Å². The molecule has 0 fully saturated rings. The van der Waals surface area contributed by atoms with Crippen LogP contribution >= 0.6 is 11.8 Å². The summed E-state index contributed by atoms with van der Waals surface area (Å²) in [6, 6.07) is 10.9. The Morgan fingerprint density at radius 2 is 2.13 bits per heavy atom. The molecule has 0 radical (unpaired) electrons. The molecule has 118 valence electrons. The smallest absolute Gasteiger partial charge is 0.319 e. The minimum Gasteiger partial charge on any atom is -0.465 e. The lowest BCUT2D eigenvalue weighted by atomic mass is 10.1. The Kier molecular flexibility index (Phi) is 5.55. The predicted molar refractivity (Wildman–Crippen MR) is 87.0 cm³/mol. The van der Waals surface area contributed by atoms with E-state index in [9.17, 15) is 14.9 Å². The standard InChI is InChI=1S/C16H15N3O3S/c1-3-22-15(21)10(2)23-16-18-13(11-7-5-4-6-8-11)12(9-17)14(20)19-16/h4-8,10H,3H2,1-2H3,(H,18,19,20)/t10-/m0/s1. The number of H-pyrrole nitrogens is 1. The average Bonchev–Trinajstić information content (AvgIpc) is 2.55. The van der Waals surface area contributed by atoms with Crippen LogP contribution in [0.4, 0.5) is 0 Å². The molecule has 2 aromatic rings. The van der Waals surface area contributed by atoms with Gasteiger partial charge >= 0.3 is 5.97 Å². The molecule has 6 nitrogen and oxygen atoms in total. The summed E-state index contributed by atoms with van der Waals surface area (Å²) in [5.74, 6) is -0.384. The molecule has 0 aliphatic carbocycles. The molecule has 0 spiro atoms. The van der Waals surface area contributed by atoms with Gasteiger partial charge in [0.05, 0.1) is 12.3 Å². The molecule has 7 heteroatoms. The van der Waals surface area contributed by atoms with Gasteiger partial charge in [0.2, 0.25) is 0 Å². The highest BCUT2D eigenvalue weighted by Gasteiger charge is 2.19. The van der Waals surface area contributed by atoms with Gasteiger partial charge in [-0.2, -0.15) is 5.26 Å². The summed E-state index contributed by atoms with van der Waals surface area (Å²) in [5, 5.41) is 8.95. The Morgan fingerprint density at radius 1 is 1.43 bits per heavy atom. The molecule has 0 aliphatic heterocycles. The molecule has 0 saturated carbocycles. The molecular weight excluding hydrogens is 314 g/mol. The first-order chi connectivity index (χ1) is 11.1. The van der Waals surface area contributed by atoms with Crippen LogP contribution in [0, 0.1) is 11.3 Å². The number of aromatic amines is 1.